The van der Waals surface area contributed by atoms with Crippen molar-refractivity contribution < 1.29 is 9.59 Å². The summed E-state index contributed by atoms with van der Waals surface area (Å²) in [6.07, 6.45) is -0.00133. The molecule has 2 N–H and O–H groups in total. The maximum atomic E-state index is 12.5. The van der Waals surface area contributed by atoms with Crippen LogP contribution in [0.4, 0.5) is 5.69 Å². The van der Waals surface area contributed by atoms with Crippen LogP contribution < -0.4 is 10.7 Å². The lowest BCUT2D eigenvalue weighted by Crippen LogP contribution is -2.21. The second kappa shape index (κ2) is 8.87. The van der Waals surface area contributed by atoms with Crippen molar-refractivity contribution in [1.82, 2.24) is 5.43 Å². The topological polar surface area (TPSA) is 70.6 Å². The first kappa shape index (κ1) is 19.9. The lowest BCUT2D eigenvalue weighted by atomic mass is 10.0. The van der Waals surface area contributed by atoms with Gasteiger partial charge in [-0.25, -0.2) is 5.43 Å². The van der Waals surface area contributed by atoms with E-state index in [1.165, 1.54) is 0 Å². The van der Waals surface area contributed by atoms with E-state index in [1.807, 2.05) is 36.4 Å². The second-order valence-electron chi connectivity index (χ2n) is 6.16. The number of hydrazone groups is 1. The predicted molar refractivity (Wildman–Crippen MR) is 114 cm³/mol. The average molecular weight is 414 g/mol. The van der Waals surface area contributed by atoms with Gasteiger partial charge in [-0.2, -0.15) is 5.10 Å². The molecule has 0 fully saturated rings. The summed E-state index contributed by atoms with van der Waals surface area (Å²) >= 11 is 11.9. The Hall–Kier alpha value is -2.89. The molecule has 5 nitrogen and oxygen atoms in total. The van der Waals surface area contributed by atoms with Gasteiger partial charge in [0.2, 0.25) is 5.91 Å². The van der Waals surface area contributed by atoms with E-state index in [1.54, 1.807) is 31.2 Å². The number of hydrogen-bond donors (Lipinski definition) is 2. The van der Waals surface area contributed by atoms with Gasteiger partial charge in [0.25, 0.3) is 5.91 Å². The smallest absolute Gasteiger partial charge is 0.271 e. The summed E-state index contributed by atoms with van der Waals surface area (Å²) in [4.78, 5) is 24.6. The zero-order chi connectivity index (χ0) is 20.1. The highest BCUT2D eigenvalue weighted by Crippen LogP contribution is 2.25. The SMILES string of the molecule is C/C(CC(=O)Nc1cc(Cl)ccc1Cl)=N/NC(=O)c1cccc2ccccc12. The molecule has 0 aliphatic carbocycles. The normalized spacial score (nSPS) is 11.3. The Kier molecular flexibility index (Phi) is 6.29. The minimum Gasteiger partial charge on any atom is -0.324 e. The van der Waals surface area contributed by atoms with Gasteiger partial charge in [0.15, 0.2) is 0 Å². The van der Waals surface area contributed by atoms with Gasteiger partial charge in [-0.15, -0.1) is 0 Å². The molecule has 0 saturated heterocycles. The van der Waals surface area contributed by atoms with E-state index in [0.717, 1.165) is 10.8 Å². The summed E-state index contributed by atoms with van der Waals surface area (Å²) in [7, 11) is 0. The summed E-state index contributed by atoms with van der Waals surface area (Å²) in [5.74, 6) is -0.653. The zero-order valence-electron chi connectivity index (χ0n) is 15.0. The molecule has 7 heteroatoms. The van der Waals surface area contributed by atoms with Crippen molar-refractivity contribution in [3.05, 3.63) is 76.3 Å². The summed E-state index contributed by atoms with van der Waals surface area (Å²) in [5.41, 5.74) is 3.89. The van der Waals surface area contributed by atoms with Crippen LogP contribution in [0.15, 0.2) is 65.8 Å². The maximum absolute atomic E-state index is 12.5. The molecule has 0 radical (unpaired) electrons. The third kappa shape index (κ3) is 4.88. The summed E-state index contributed by atoms with van der Waals surface area (Å²) < 4.78 is 0. The number of halogens is 2. The molecule has 2 amide bonds. The third-order valence-electron chi connectivity index (χ3n) is 4.00. The highest BCUT2D eigenvalue weighted by atomic mass is 35.5. The molecule has 0 aromatic heterocycles. The maximum Gasteiger partial charge on any atom is 0.271 e. The monoisotopic (exact) mass is 413 g/mol. The Bertz CT molecular complexity index is 1070. The number of rotatable bonds is 5. The van der Waals surface area contributed by atoms with Crippen molar-refractivity contribution in [2.75, 3.05) is 5.32 Å². The molecule has 3 aromatic rings. The van der Waals surface area contributed by atoms with Gasteiger partial charge in [-0.1, -0.05) is 59.6 Å². The fourth-order valence-corrected chi connectivity index (χ4v) is 3.03. The standard InChI is InChI=1S/C21H17Cl2N3O2/c1-13(11-20(27)24-19-12-15(22)9-10-18(19)23)25-26-21(28)17-8-4-6-14-5-2-3-7-16(14)17/h2-10,12H,11H2,1H3,(H,24,27)(H,26,28)/b25-13-. The van der Waals surface area contributed by atoms with Crippen molar-refractivity contribution >= 4 is 57.2 Å². The fraction of sp³-hybridized carbons (Fsp3) is 0.0952. The number of anilines is 1. The first-order chi connectivity index (χ1) is 13.4. The number of carbonyl (C=O) groups is 2. The van der Waals surface area contributed by atoms with Crippen molar-refractivity contribution in [3.8, 4) is 0 Å². The number of benzene rings is 3. The number of hydrogen-bond acceptors (Lipinski definition) is 3. The molecule has 3 rings (SSSR count). The van der Waals surface area contributed by atoms with Crippen LogP contribution in [0.1, 0.15) is 23.7 Å². The molecule has 0 aliphatic heterocycles. The van der Waals surface area contributed by atoms with E-state index in [-0.39, 0.29) is 18.2 Å². The Morgan fingerprint density at radius 3 is 2.57 bits per heavy atom. The Balaban J connectivity index is 1.64. The van der Waals surface area contributed by atoms with Crippen LogP contribution in [0.5, 0.6) is 0 Å². The molecule has 0 aliphatic rings. The summed E-state index contributed by atoms with van der Waals surface area (Å²) in [5, 5.41) is 9.36. The third-order valence-corrected chi connectivity index (χ3v) is 4.57. The Labute approximate surface area is 172 Å². The Morgan fingerprint density at radius 2 is 1.75 bits per heavy atom. The molecular weight excluding hydrogens is 397 g/mol. The molecule has 28 heavy (non-hydrogen) atoms. The van der Waals surface area contributed by atoms with E-state index in [9.17, 15) is 9.59 Å². The average Bonchev–Trinajstić information content (AvgIpc) is 2.68. The number of amides is 2. The van der Waals surface area contributed by atoms with Crippen molar-refractivity contribution in [3.63, 3.8) is 0 Å². The van der Waals surface area contributed by atoms with E-state index >= 15 is 0 Å². The van der Waals surface area contributed by atoms with Crippen LogP contribution >= 0.6 is 23.2 Å². The molecule has 0 saturated carbocycles. The predicted octanol–water partition coefficient (Wildman–Crippen LogP) is 5.28. The Morgan fingerprint density at radius 1 is 1.00 bits per heavy atom. The van der Waals surface area contributed by atoms with Crippen LogP contribution in [0.25, 0.3) is 10.8 Å². The van der Waals surface area contributed by atoms with Crippen LogP contribution in [0.3, 0.4) is 0 Å². The van der Waals surface area contributed by atoms with Crippen molar-refractivity contribution in [2.24, 2.45) is 5.10 Å². The van der Waals surface area contributed by atoms with E-state index in [0.29, 0.717) is 27.0 Å². The second-order valence-corrected chi connectivity index (χ2v) is 7.01. The molecule has 0 bridgehead atoms. The number of nitrogens with zero attached hydrogens (tertiary/aromatic N) is 1. The number of nitrogens with one attached hydrogen (secondary N) is 2. The van der Waals surface area contributed by atoms with Gasteiger partial charge >= 0.3 is 0 Å². The van der Waals surface area contributed by atoms with Gasteiger partial charge in [-0.3, -0.25) is 9.59 Å². The fourth-order valence-electron chi connectivity index (χ4n) is 2.69. The molecular formula is C21H17Cl2N3O2. The van der Waals surface area contributed by atoms with Crippen LogP contribution in [-0.4, -0.2) is 17.5 Å². The minimum absolute atomic E-state index is 0.00133. The molecule has 0 heterocycles. The van der Waals surface area contributed by atoms with Crippen LogP contribution in [0, 0.1) is 0 Å². The quantitative estimate of drug-likeness (QED) is 0.441. The van der Waals surface area contributed by atoms with E-state index in [4.69, 9.17) is 23.2 Å². The molecule has 3 aromatic carbocycles. The largest absolute Gasteiger partial charge is 0.324 e. The van der Waals surface area contributed by atoms with Gasteiger partial charge in [-0.05, 0) is 42.0 Å². The molecule has 0 spiro atoms. The van der Waals surface area contributed by atoms with Gasteiger partial charge in [0, 0.05) is 16.3 Å². The van der Waals surface area contributed by atoms with Crippen LogP contribution in [0.2, 0.25) is 10.0 Å². The lowest BCUT2D eigenvalue weighted by Gasteiger charge is -2.08. The first-order valence-corrected chi connectivity index (χ1v) is 9.26. The van der Waals surface area contributed by atoms with E-state index in [2.05, 4.69) is 15.8 Å². The van der Waals surface area contributed by atoms with Crippen molar-refractivity contribution in [2.45, 2.75) is 13.3 Å². The van der Waals surface area contributed by atoms with Gasteiger partial charge in [0.1, 0.15) is 0 Å². The number of fused-ring (bicyclic) bond motifs is 1. The highest BCUT2D eigenvalue weighted by Gasteiger charge is 2.11. The van der Waals surface area contributed by atoms with E-state index < -0.39 is 0 Å². The van der Waals surface area contributed by atoms with Gasteiger partial charge < -0.3 is 5.32 Å². The first-order valence-electron chi connectivity index (χ1n) is 8.50. The van der Waals surface area contributed by atoms with Crippen molar-refractivity contribution in [1.29, 1.82) is 0 Å². The summed E-state index contributed by atoms with van der Waals surface area (Å²) in [6.45, 7) is 1.66. The summed E-state index contributed by atoms with van der Waals surface area (Å²) in [6, 6.07) is 17.9. The minimum atomic E-state index is -0.338. The molecule has 0 atom stereocenters. The van der Waals surface area contributed by atoms with Gasteiger partial charge in [0.05, 0.1) is 17.1 Å². The number of carbonyl (C=O) groups excluding carboxylic acids is 2. The van der Waals surface area contributed by atoms with Crippen LogP contribution in [-0.2, 0) is 4.79 Å². The molecule has 142 valence electrons. The highest BCUT2D eigenvalue weighted by molar-refractivity contribution is 6.35. The molecule has 0 unspecified atom stereocenters. The zero-order valence-corrected chi connectivity index (χ0v) is 16.5. The lowest BCUT2D eigenvalue weighted by molar-refractivity contribution is -0.115.